The highest BCUT2D eigenvalue weighted by molar-refractivity contribution is 9.10. The molecule has 1 aliphatic carbocycles. The number of rotatable bonds is 2. The van der Waals surface area contributed by atoms with Crippen LogP contribution in [0.15, 0.2) is 114 Å². The molecular formula is C38H30BrN. The zero-order chi connectivity index (χ0) is 27.4. The van der Waals surface area contributed by atoms with Crippen molar-refractivity contribution >= 4 is 26.8 Å². The highest BCUT2D eigenvalue weighted by Gasteiger charge is 2.37. The number of hydrogen-bond acceptors (Lipinski definition) is 0. The Kier molecular flexibility index (Phi) is 4.84. The third kappa shape index (κ3) is 3.20. The van der Waals surface area contributed by atoms with Crippen LogP contribution in [-0.4, -0.2) is 4.57 Å². The molecule has 1 nitrogen and oxygen atoms in total. The average Bonchev–Trinajstić information content (AvgIpc) is 3.53. The van der Waals surface area contributed by atoms with Crippen molar-refractivity contribution in [2.75, 3.05) is 0 Å². The van der Waals surface area contributed by atoms with Gasteiger partial charge < -0.3 is 4.57 Å². The second-order valence-electron chi connectivity index (χ2n) is 12.4. The van der Waals surface area contributed by atoms with E-state index in [0.717, 1.165) is 4.47 Å². The molecule has 2 aliphatic rings. The molecule has 6 aromatic rings. The van der Waals surface area contributed by atoms with Crippen LogP contribution in [-0.2, 0) is 11.0 Å². The van der Waals surface area contributed by atoms with Crippen molar-refractivity contribution in [3.05, 3.63) is 130 Å². The lowest BCUT2D eigenvalue weighted by Crippen LogP contribution is -2.23. The number of aromatic nitrogens is 1. The van der Waals surface area contributed by atoms with Gasteiger partial charge in [0.1, 0.15) is 0 Å². The van der Waals surface area contributed by atoms with E-state index in [1.807, 2.05) is 0 Å². The number of fused-ring (bicyclic) bond motifs is 8. The van der Waals surface area contributed by atoms with Gasteiger partial charge in [0.2, 0.25) is 0 Å². The summed E-state index contributed by atoms with van der Waals surface area (Å²) in [6.07, 6.45) is 0. The van der Waals surface area contributed by atoms with E-state index >= 15 is 0 Å². The van der Waals surface area contributed by atoms with Crippen LogP contribution in [0.5, 0.6) is 0 Å². The molecule has 2 heteroatoms. The van der Waals surface area contributed by atoms with Gasteiger partial charge in [0, 0.05) is 26.4 Å². The van der Waals surface area contributed by atoms with Crippen molar-refractivity contribution < 1.29 is 0 Å². The Hall–Kier alpha value is -3.88. The lowest BCUT2D eigenvalue weighted by atomic mass is 9.81. The maximum Gasteiger partial charge on any atom is 0.0653 e. The highest BCUT2D eigenvalue weighted by atomic mass is 79.9. The molecule has 0 fully saturated rings. The summed E-state index contributed by atoms with van der Waals surface area (Å²) >= 11 is 3.68. The van der Waals surface area contributed by atoms with Gasteiger partial charge in [-0.1, -0.05) is 96.5 Å². The molecule has 194 valence electrons. The summed E-state index contributed by atoms with van der Waals surface area (Å²) in [4.78, 5) is 0. The molecule has 0 bridgehead atoms. The van der Waals surface area contributed by atoms with E-state index in [1.165, 1.54) is 72.2 Å². The topological polar surface area (TPSA) is 4.93 Å². The van der Waals surface area contributed by atoms with Crippen molar-refractivity contribution in [2.24, 2.45) is 0 Å². The Labute approximate surface area is 244 Å². The fourth-order valence-electron chi connectivity index (χ4n) is 7.29. The zero-order valence-electron chi connectivity index (χ0n) is 23.2. The second-order valence-corrected chi connectivity index (χ2v) is 13.3. The van der Waals surface area contributed by atoms with Crippen molar-refractivity contribution in [3.8, 4) is 44.6 Å². The summed E-state index contributed by atoms with van der Waals surface area (Å²) in [6, 6.07) is 40.8. The maximum absolute atomic E-state index is 3.68. The summed E-state index contributed by atoms with van der Waals surface area (Å²) in [5.74, 6) is 0. The van der Waals surface area contributed by atoms with Gasteiger partial charge in [-0.2, -0.15) is 0 Å². The second kappa shape index (κ2) is 8.08. The zero-order valence-corrected chi connectivity index (χ0v) is 24.8. The monoisotopic (exact) mass is 579 g/mol. The quantitative estimate of drug-likeness (QED) is 0.192. The molecule has 2 heterocycles. The summed E-state index contributed by atoms with van der Waals surface area (Å²) in [5.41, 5.74) is 15.8. The summed E-state index contributed by atoms with van der Waals surface area (Å²) < 4.78 is 3.67. The molecule has 0 atom stereocenters. The summed E-state index contributed by atoms with van der Waals surface area (Å²) in [7, 11) is 0. The molecule has 0 saturated heterocycles. The standard InChI is InChI=1S/C38H30BrN/c1-37(2)32-19-26(10-14-29(32)30-16-13-28(39)22-33(30)37)24-12-17-35-27(18-24)21-36-31-15-11-25(23-8-6-5-7-9-23)20-34(31)38(3,4)40(35)36/h5-22H,1-4H3. The first-order valence-electron chi connectivity index (χ1n) is 14.0. The Morgan fingerprint density at radius 1 is 0.525 bits per heavy atom. The van der Waals surface area contributed by atoms with E-state index in [-0.39, 0.29) is 11.0 Å². The molecule has 40 heavy (non-hydrogen) atoms. The number of nitrogens with zero attached hydrogens (tertiary/aromatic N) is 1. The van der Waals surface area contributed by atoms with Crippen molar-refractivity contribution in [1.82, 2.24) is 4.57 Å². The SMILES string of the molecule is CC1(C)c2cc(Br)ccc2-c2ccc(-c3ccc4c(c3)cc3n4C(C)(C)c4cc(-c5ccccc5)ccc4-3)cc21. The normalized spacial score (nSPS) is 15.5. The largest absolute Gasteiger partial charge is 0.331 e. The van der Waals surface area contributed by atoms with E-state index < -0.39 is 0 Å². The van der Waals surface area contributed by atoms with E-state index in [2.05, 4.69) is 157 Å². The molecule has 0 spiro atoms. The molecule has 0 saturated carbocycles. The predicted molar refractivity (Wildman–Crippen MR) is 172 cm³/mol. The number of halogens is 1. The third-order valence-electron chi connectivity index (χ3n) is 9.39. The van der Waals surface area contributed by atoms with Crippen molar-refractivity contribution in [2.45, 2.75) is 38.6 Å². The Balaban J connectivity index is 1.23. The van der Waals surface area contributed by atoms with Crippen LogP contribution < -0.4 is 0 Å². The Bertz CT molecular complexity index is 2010. The van der Waals surface area contributed by atoms with Crippen LogP contribution in [0.4, 0.5) is 0 Å². The maximum atomic E-state index is 3.68. The van der Waals surface area contributed by atoms with Crippen LogP contribution in [0.1, 0.15) is 44.4 Å². The van der Waals surface area contributed by atoms with Crippen LogP contribution in [0.3, 0.4) is 0 Å². The van der Waals surface area contributed by atoms with Gasteiger partial charge in [-0.05, 0) is 106 Å². The van der Waals surface area contributed by atoms with Gasteiger partial charge in [-0.25, -0.2) is 0 Å². The first kappa shape index (κ1) is 24.0. The van der Waals surface area contributed by atoms with Gasteiger partial charge in [-0.3, -0.25) is 0 Å². The van der Waals surface area contributed by atoms with Gasteiger partial charge in [0.05, 0.1) is 11.2 Å². The third-order valence-corrected chi connectivity index (χ3v) is 9.89. The van der Waals surface area contributed by atoms with Gasteiger partial charge in [0.15, 0.2) is 0 Å². The Morgan fingerprint density at radius 3 is 1.90 bits per heavy atom. The molecule has 0 unspecified atom stereocenters. The Morgan fingerprint density at radius 2 is 1.12 bits per heavy atom. The molecule has 5 aromatic carbocycles. The molecule has 1 aliphatic heterocycles. The average molecular weight is 581 g/mol. The van der Waals surface area contributed by atoms with Crippen LogP contribution in [0, 0.1) is 0 Å². The first-order chi connectivity index (χ1) is 19.2. The fourth-order valence-corrected chi connectivity index (χ4v) is 7.65. The lowest BCUT2D eigenvalue weighted by Gasteiger charge is -2.25. The minimum atomic E-state index is -0.129. The van der Waals surface area contributed by atoms with E-state index in [1.54, 1.807) is 0 Å². The van der Waals surface area contributed by atoms with Gasteiger partial charge in [-0.15, -0.1) is 0 Å². The van der Waals surface area contributed by atoms with Crippen LogP contribution >= 0.6 is 15.9 Å². The van der Waals surface area contributed by atoms with Crippen LogP contribution in [0.2, 0.25) is 0 Å². The molecule has 0 radical (unpaired) electrons. The van der Waals surface area contributed by atoms with Crippen molar-refractivity contribution in [1.29, 1.82) is 0 Å². The molecule has 1 aromatic heterocycles. The summed E-state index contributed by atoms with van der Waals surface area (Å²) in [6.45, 7) is 9.39. The van der Waals surface area contributed by atoms with E-state index in [9.17, 15) is 0 Å². The molecule has 0 N–H and O–H groups in total. The molecule has 0 amide bonds. The minimum Gasteiger partial charge on any atom is -0.331 e. The van der Waals surface area contributed by atoms with E-state index in [4.69, 9.17) is 0 Å². The smallest absolute Gasteiger partial charge is 0.0653 e. The predicted octanol–water partition coefficient (Wildman–Crippen LogP) is 10.8. The molecular weight excluding hydrogens is 550 g/mol. The lowest BCUT2D eigenvalue weighted by molar-refractivity contribution is 0.476. The minimum absolute atomic E-state index is 0.0295. The van der Waals surface area contributed by atoms with Gasteiger partial charge in [0.25, 0.3) is 0 Å². The number of hydrogen-bond donors (Lipinski definition) is 0. The fraction of sp³-hybridized carbons (Fsp3) is 0.158. The van der Waals surface area contributed by atoms with E-state index in [0.29, 0.717) is 0 Å². The number of benzene rings is 5. The highest BCUT2D eigenvalue weighted by Crippen LogP contribution is 2.51. The summed E-state index contributed by atoms with van der Waals surface area (Å²) in [5, 5.41) is 1.30. The first-order valence-corrected chi connectivity index (χ1v) is 14.8. The van der Waals surface area contributed by atoms with Crippen molar-refractivity contribution in [3.63, 3.8) is 0 Å². The molecule has 8 rings (SSSR count). The van der Waals surface area contributed by atoms with Gasteiger partial charge >= 0.3 is 0 Å². The van der Waals surface area contributed by atoms with Crippen LogP contribution in [0.25, 0.3) is 55.5 Å².